The summed E-state index contributed by atoms with van der Waals surface area (Å²) in [5.74, 6) is -0.109. The Morgan fingerprint density at radius 3 is 1.75 bits per heavy atom. The first-order chi connectivity index (χ1) is 15.3. The quantitative estimate of drug-likeness (QED) is 0.107. The van der Waals surface area contributed by atoms with Crippen LogP contribution in [0.3, 0.4) is 0 Å². The van der Waals surface area contributed by atoms with Crippen LogP contribution in [0.1, 0.15) is 107 Å². The molecular weight excluding hydrogens is 519 g/mol. The Balaban J connectivity index is 5.67. The number of esters is 1. The van der Waals surface area contributed by atoms with Crippen molar-refractivity contribution < 1.29 is 14.0 Å². The van der Waals surface area contributed by atoms with Crippen molar-refractivity contribution in [1.29, 1.82) is 0 Å². The molecule has 32 heavy (non-hydrogen) atoms. The van der Waals surface area contributed by atoms with Crippen LogP contribution < -0.4 is 0 Å². The molecule has 0 bridgehead atoms. The Morgan fingerprint density at radius 1 is 0.875 bits per heavy atom. The summed E-state index contributed by atoms with van der Waals surface area (Å²) in [6, 6.07) is 2.22. The average molecular weight is 576 g/mol. The molecule has 0 spiro atoms. The summed E-state index contributed by atoms with van der Waals surface area (Å²) in [5, 5.41) is 0. The molecule has 0 radical (unpaired) electrons. The van der Waals surface area contributed by atoms with Crippen molar-refractivity contribution in [3.05, 3.63) is 10.2 Å². The second-order valence-corrected chi connectivity index (χ2v) is 27.9. The van der Waals surface area contributed by atoms with E-state index in [1.807, 2.05) is 6.92 Å². The van der Waals surface area contributed by atoms with E-state index < -0.39 is 26.7 Å². The number of rotatable bonds is 20. The van der Waals surface area contributed by atoms with E-state index in [9.17, 15) is 4.79 Å². The standard InChI is InChI=1S/C15H29O3Si.3C4H9.Sn/c1-7-11-14(12-15(16)17-8-2)18-19(9-3,10-4)13(5)6;3*1-3-4-2;/h1,7,13-14H,8-12H2,2-6H3;3*1,3-4H2,2H3;/t14-;;;;/m0..../s1. The number of unbranched alkanes of at least 4 members (excludes halogenated alkanes) is 3. The van der Waals surface area contributed by atoms with Gasteiger partial charge in [0.05, 0.1) is 0 Å². The fourth-order valence-electron chi connectivity index (χ4n) is 4.96. The number of carbonyl (C=O) groups excluding carboxylic acids is 1. The third kappa shape index (κ3) is 12.1. The van der Waals surface area contributed by atoms with E-state index in [0.717, 1.165) is 18.5 Å². The van der Waals surface area contributed by atoms with Crippen molar-refractivity contribution in [1.82, 2.24) is 0 Å². The third-order valence-electron chi connectivity index (χ3n) is 7.31. The van der Waals surface area contributed by atoms with Gasteiger partial charge in [0.2, 0.25) is 0 Å². The van der Waals surface area contributed by atoms with Crippen molar-refractivity contribution in [3.63, 3.8) is 0 Å². The molecule has 0 aliphatic heterocycles. The average Bonchev–Trinajstić information content (AvgIpc) is 2.77. The number of ether oxygens (including phenoxy) is 1. The fourth-order valence-corrected chi connectivity index (χ4v) is 23.0. The summed E-state index contributed by atoms with van der Waals surface area (Å²) >= 11 is -2.30. The summed E-state index contributed by atoms with van der Waals surface area (Å²) in [6.07, 6.45) is 11.7. The summed E-state index contributed by atoms with van der Waals surface area (Å²) in [7, 11) is -1.86. The van der Waals surface area contributed by atoms with Gasteiger partial charge < -0.3 is 0 Å². The monoisotopic (exact) mass is 576 g/mol. The molecule has 0 saturated carbocycles. The summed E-state index contributed by atoms with van der Waals surface area (Å²) in [6.45, 7) is 18.5. The Bertz CT molecular complexity index is 481. The van der Waals surface area contributed by atoms with Crippen LogP contribution in [-0.4, -0.2) is 45.4 Å². The molecule has 0 unspecified atom stereocenters. The van der Waals surface area contributed by atoms with Crippen molar-refractivity contribution in [2.45, 2.75) is 144 Å². The van der Waals surface area contributed by atoms with Gasteiger partial charge in [0.1, 0.15) is 0 Å². The van der Waals surface area contributed by atoms with E-state index in [1.165, 1.54) is 51.8 Å². The van der Waals surface area contributed by atoms with Crippen LogP contribution in [0, 0.1) is 0 Å². The van der Waals surface area contributed by atoms with E-state index in [0.29, 0.717) is 18.6 Å². The van der Waals surface area contributed by atoms with Crippen molar-refractivity contribution in [2.75, 3.05) is 6.61 Å². The van der Waals surface area contributed by atoms with Crippen LogP contribution in [0.15, 0.2) is 10.2 Å². The zero-order valence-electron chi connectivity index (χ0n) is 22.9. The zero-order chi connectivity index (χ0) is 24.5. The molecule has 1 atom stereocenters. The minimum absolute atomic E-state index is 0.0354. The van der Waals surface area contributed by atoms with Crippen LogP contribution in [0.25, 0.3) is 0 Å². The molecule has 0 aliphatic rings. The van der Waals surface area contributed by atoms with Gasteiger partial charge in [-0.1, -0.05) is 0 Å². The van der Waals surface area contributed by atoms with Crippen molar-refractivity contribution in [3.8, 4) is 0 Å². The van der Waals surface area contributed by atoms with E-state index in [4.69, 9.17) is 9.16 Å². The topological polar surface area (TPSA) is 35.5 Å². The van der Waals surface area contributed by atoms with Gasteiger partial charge >= 0.3 is 207 Å². The molecule has 0 amide bonds. The first kappa shape index (κ1) is 32.2. The van der Waals surface area contributed by atoms with Crippen LogP contribution in [-0.2, 0) is 14.0 Å². The predicted molar refractivity (Wildman–Crippen MR) is 147 cm³/mol. The molecular formula is C27H56O3SiSn. The molecule has 0 aromatic carbocycles. The van der Waals surface area contributed by atoms with E-state index in [-0.39, 0.29) is 12.1 Å². The van der Waals surface area contributed by atoms with Crippen molar-refractivity contribution >= 4 is 32.7 Å². The van der Waals surface area contributed by atoms with Crippen LogP contribution >= 0.6 is 0 Å². The Labute approximate surface area is 206 Å². The molecule has 0 aromatic rings. The molecule has 0 heterocycles. The number of hydrogen-bond acceptors (Lipinski definition) is 3. The zero-order valence-corrected chi connectivity index (χ0v) is 26.8. The summed E-state index contributed by atoms with van der Waals surface area (Å²) in [5.41, 5.74) is 0.558. The maximum atomic E-state index is 12.4. The van der Waals surface area contributed by atoms with Crippen molar-refractivity contribution in [2.24, 2.45) is 0 Å². The molecule has 0 aliphatic carbocycles. The molecule has 0 saturated heterocycles. The van der Waals surface area contributed by atoms with Crippen LogP contribution in [0.2, 0.25) is 30.9 Å². The van der Waals surface area contributed by atoms with Gasteiger partial charge in [0, 0.05) is 0 Å². The summed E-state index contributed by atoms with van der Waals surface area (Å²) in [4.78, 5) is 12.4. The fraction of sp³-hybridized carbons (Fsp3) is 0.889. The normalized spacial score (nSPS) is 13.8. The molecule has 190 valence electrons. The van der Waals surface area contributed by atoms with Crippen LogP contribution in [0.4, 0.5) is 0 Å². The van der Waals surface area contributed by atoms with Gasteiger partial charge in [0.15, 0.2) is 0 Å². The minimum atomic E-state index is -2.30. The number of carbonyl (C=O) groups is 1. The van der Waals surface area contributed by atoms with Gasteiger partial charge in [-0.3, -0.25) is 0 Å². The van der Waals surface area contributed by atoms with Gasteiger partial charge in [-0.25, -0.2) is 0 Å². The SMILES string of the molecule is CCC[CH2][Sn](/[CH]=C/C[C@@H](CC(=O)OCC)O[Si](CC)(CC)C(C)C)([CH2]CCC)[CH2]CCC. The van der Waals surface area contributed by atoms with Gasteiger partial charge in [-0.05, 0) is 0 Å². The second kappa shape index (κ2) is 18.5. The molecule has 3 nitrogen and oxygen atoms in total. The van der Waals surface area contributed by atoms with Crippen LogP contribution in [0.5, 0.6) is 0 Å². The third-order valence-corrected chi connectivity index (χ3v) is 26.9. The van der Waals surface area contributed by atoms with E-state index in [2.05, 4.69) is 58.6 Å². The second-order valence-electron chi connectivity index (χ2n) is 9.99. The maximum absolute atomic E-state index is 12.4. The van der Waals surface area contributed by atoms with E-state index >= 15 is 0 Å². The molecule has 0 rings (SSSR count). The summed E-state index contributed by atoms with van der Waals surface area (Å²) < 4.78 is 19.4. The first-order valence-corrected chi connectivity index (χ1v) is 23.9. The Kier molecular flexibility index (Phi) is 18.6. The Hall–Kier alpha value is 0.186. The van der Waals surface area contributed by atoms with Gasteiger partial charge in [-0.15, -0.1) is 0 Å². The molecule has 0 fully saturated rings. The van der Waals surface area contributed by atoms with Gasteiger partial charge in [-0.2, -0.15) is 0 Å². The molecule has 5 heteroatoms. The van der Waals surface area contributed by atoms with Gasteiger partial charge in [0.25, 0.3) is 0 Å². The van der Waals surface area contributed by atoms with E-state index in [1.54, 1.807) is 0 Å². The first-order valence-electron chi connectivity index (χ1n) is 13.8. The molecule has 0 N–H and O–H groups in total. The Morgan fingerprint density at radius 2 is 1.38 bits per heavy atom. The molecule has 0 aromatic heterocycles. The predicted octanol–water partition coefficient (Wildman–Crippen LogP) is 9.05. The number of hydrogen-bond donors (Lipinski definition) is 0.